The van der Waals surface area contributed by atoms with E-state index in [0.29, 0.717) is 12.2 Å². The number of ether oxygens (including phenoxy) is 2. The van der Waals surface area contributed by atoms with E-state index in [1.54, 1.807) is 6.92 Å². The average molecular weight is 422 g/mol. The molecule has 8 heteroatoms. The fraction of sp³-hybridized carbons (Fsp3) is 0.318. The summed E-state index contributed by atoms with van der Waals surface area (Å²) in [5, 5.41) is 24.0. The largest absolute Gasteiger partial charge is 0.457 e. The molecule has 0 amide bonds. The van der Waals surface area contributed by atoms with Crippen molar-refractivity contribution in [3.05, 3.63) is 72.4 Å². The van der Waals surface area contributed by atoms with E-state index in [1.807, 2.05) is 30.3 Å². The molecule has 0 radical (unpaired) electrons. The molecule has 0 aliphatic rings. The first-order chi connectivity index (χ1) is 14.0. The number of carbonyl (C=O) groups is 3. The number of aliphatic hydroxyl groups excluding tert-OH is 3. The van der Waals surface area contributed by atoms with E-state index in [-0.39, 0.29) is 30.3 Å². The number of esters is 3. The Bertz CT molecular complexity index is 694. The first kappa shape index (κ1) is 29.1. The molecule has 0 spiro atoms. The Morgan fingerprint density at radius 1 is 0.833 bits per heavy atom. The molecule has 0 bridgehead atoms. The fourth-order valence-corrected chi connectivity index (χ4v) is 1.16. The third-order valence-corrected chi connectivity index (χ3v) is 2.87. The van der Waals surface area contributed by atoms with Gasteiger partial charge in [0.1, 0.15) is 12.7 Å². The van der Waals surface area contributed by atoms with Crippen LogP contribution in [0.5, 0.6) is 0 Å². The number of hydrogen-bond donors (Lipinski definition) is 3. The second-order valence-corrected chi connectivity index (χ2v) is 6.10. The molecule has 0 aliphatic heterocycles. The maximum Gasteiger partial charge on any atom is 0.340 e. The fourth-order valence-electron chi connectivity index (χ4n) is 1.16. The lowest BCUT2D eigenvalue weighted by atomic mass is 10.2. The van der Waals surface area contributed by atoms with Crippen molar-refractivity contribution in [3.8, 4) is 0 Å². The lowest BCUT2D eigenvalue weighted by Crippen LogP contribution is -2.15. The predicted molar refractivity (Wildman–Crippen MR) is 112 cm³/mol. The summed E-state index contributed by atoms with van der Waals surface area (Å²) in [6.45, 7) is 14.3. The second-order valence-electron chi connectivity index (χ2n) is 6.10. The molecule has 0 heterocycles. The lowest BCUT2D eigenvalue weighted by Gasteiger charge is -2.03. The molecule has 3 N–H and O–H groups in total. The van der Waals surface area contributed by atoms with Gasteiger partial charge in [-0.1, -0.05) is 50.1 Å². The monoisotopic (exact) mass is 422 g/mol. The van der Waals surface area contributed by atoms with E-state index in [2.05, 4.69) is 24.5 Å². The summed E-state index contributed by atoms with van der Waals surface area (Å²) in [7, 11) is 0. The molecule has 0 aliphatic carbocycles. The molecule has 30 heavy (non-hydrogen) atoms. The summed E-state index contributed by atoms with van der Waals surface area (Å²) in [6.07, 6.45) is -0.954. The van der Waals surface area contributed by atoms with Crippen LogP contribution in [-0.2, 0) is 30.5 Å². The van der Waals surface area contributed by atoms with Crippen LogP contribution in [0.4, 0.5) is 0 Å². The van der Waals surface area contributed by atoms with Crippen molar-refractivity contribution in [2.45, 2.75) is 33.5 Å². The van der Waals surface area contributed by atoms with Crippen LogP contribution < -0.4 is 0 Å². The van der Waals surface area contributed by atoms with E-state index in [4.69, 9.17) is 20.1 Å². The summed E-state index contributed by atoms with van der Waals surface area (Å²) in [5.74, 6) is -1.76. The molecule has 0 aromatic heterocycles. The smallest absolute Gasteiger partial charge is 0.340 e. The van der Waals surface area contributed by atoms with Gasteiger partial charge in [-0.05, 0) is 26.3 Å². The van der Waals surface area contributed by atoms with Crippen LogP contribution in [0, 0.1) is 0 Å². The molecule has 1 aromatic rings. The molecular formula is C22H30O8. The molecule has 0 saturated carbocycles. The van der Waals surface area contributed by atoms with Crippen molar-refractivity contribution in [1.29, 1.82) is 0 Å². The molecule has 1 rings (SSSR count). The van der Waals surface area contributed by atoms with Gasteiger partial charge in [-0.25, -0.2) is 14.4 Å². The highest BCUT2D eigenvalue weighted by atomic mass is 16.6. The minimum Gasteiger partial charge on any atom is -0.457 e. The molecule has 0 saturated heterocycles. The van der Waals surface area contributed by atoms with Crippen LogP contribution in [0.25, 0.3) is 0 Å². The Morgan fingerprint density at radius 2 is 1.23 bits per heavy atom. The van der Waals surface area contributed by atoms with Gasteiger partial charge in [0.25, 0.3) is 0 Å². The van der Waals surface area contributed by atoms with Gasteiger partial charge in [0.15, 0.2) is 0 Å². The Labute approximate surface area is 176 Å². The van der Waals surface area contributed by atoms with Crippen molar-refractivity contribution in [2.75, 3.05) is 13.2 Å². The molecule has 166 valence electrons. The number of carbonyl (C=O) groups excluding carboxylic acids is 3. The summed E-state index contributed by atoms with van der Waals surface area (Å²) >= 11 is 0. The Hall–Kier alpha value is -3.07. The quantitative estimate of drug-likeness (QED) is 0.345. The summed E-state index contributed by atoms with van der Waals surface area (Å²) in [6, 6.07) is 9.55. The van der Waals surface area contributed by atoms with Crippen LogP contribution in [0.15, 0.2) is 66.8 Å². The van der Waals surface area contributed by atoms with Crippen LogP contribution in [0.2, 0.25) is 0 Å². The van der Waals surface area contributed by atoms with Gasteiger partial charge in [-0.15, -0.1) is 0 Å². The van der Waals surface area contributed by atoms with Gasteiger partial charge in [-0.2, -0.15) is 0 Å². The SMILES string of the molecule is C=C(C)C(=O)OC(=O)C(=C)C.C=C(C)C(=O)OCc1ccccc1.OCC(O)CO. The maximum atomic E-state index is 11.0. The Kier molecular flexibility index (Phi) is 16.4. The molecule has 0 fully saturated rings. The van der Waals surface area contributed by atoms with Gasteiger partial charge in [0.2, 0.25) is 0 Å². The van der Waals surface area contributed by atoms with E-state index >= 15 is 0 Å². The van der Waals surface area contributed by atoms with Crippen LogP contribution in [0.1, 0.15) is 26.3 Å². The van der Waals surface area contributed by atoms with Gasteiger partial charge in [0, 0.05) is 16.7 Å². The predicted octanol–water partition coefficient (Wildman–Crippen LogP) is 1.85. The molecule has 0 atom stereocenters. The highest BCUT2D eigenvalue weighted by molar-refractivity contribution is 6.00. The van der Waals surface area contributed by atoms with Crippen molar-refractivity contribution >= 4 is 17.9 Å². The van der Waals surface area contributed by atoms with Gasteiger partial charge in [-0.3, -0.25) is 0 Å². The first-order valence-electron chi connectivity index (χ1n) is 8.80. The van der Waals surface area contributed by atoms with Crippen molar-refractivity contribution in [2.24, 2.45) is 0 Å². The number of hydrogen-bond acceptors (Lipinski definition) is 8. The summed E-state index contributed by atoms with van der Waals surface area (Å²) in [4.78, 5) is 32.3. The molecule has 1 aromatic carbocycles. The Morgan fingerprint density at radius 3 is 1.53 bits per heavy atom. The van der Waals surface area contributed by atoms with E-state index in [0.717, 1.165) is 5.56 Å². The van der Waals surface area contributed by atoms with E-state index in [9.17, 15) is 14.4 Å². The highest BCUT2D eigenvalue weighted by Gasteiger charge is 2.10. The van der Waals surface area contributed by atoms with E-state index in [1.165, 1.54) is 13.8 Å². The zero-order valence-electron chi connectivity index (χ0n) is 17.6. The third kappa shape index (κ3) is 15.9. The minimum atomic E-state index is -0.954. The topological polar surface area (TPSA) is 130 Å². The standard InChI is InChI=1S/C11H12O2.C8H10O3.C3H8O3/c1-9(2)11(12)13-8-10-6-4-3-5-7-10;1-5(2)7(9)11-8(10)6(3)4;4-1-3(6)2-5/h3-7H,1,8H2,2H3;1,3H2,2,4H3;3-6H,1-2H2. The van der Waals surface area contributed by atoms with Crippen molar-refractivity contribution in [3.63, 3.8) is 0 Å². The molecule has 0 unspecified atom stereocenters. The second kappa shape index (κ2) is 16.8. The van der Waals surface area contributed by atoms with Crippen LogP contribution >= 0.6 is 0 Å². The molecular weight excluding hydrogens is 392 g/mol. The van der Waals surface area contributed by atoms with Gasteiger partial charge in [0.05, 0.1) is 13.2 Å². The average Bonchev–Trinajstić information content (AvgIpc) is 2.72. The number of benzene rings is 1. The zero-order valence-corrected chi connectivity index (χ0v) is 17.6. The lowest BCUT2D eigenvalue weighted by molar-refractivity contribution is -0.154. The van der Waals surface area contributed by atoms with Crippen molar-refractivity contribution < 1.29 is 39.2 Å². The highest BCUT2D eigenvalue weighted by Crippen LogP contribution is 2.02. The van der Waals surface area contributed by atoms with Gasteiger partial charge >= 0.3 is 17.9 Å². The van der Waals surface area contributed by atoms with Crippen molar-refractivity contribution in [1.82, 2.24) is 0 Å². The maximum absolute atomic E-state index is 11.0. The Balaban J connectivity index is 0. The first-order valence-corrected chi connectivity index (χ1v) is 8.80. The summed E-state index contributed by atoms with van der Waals surface area (Å²) < 4.78 is 9.25. The van der Waals surface area contributed by atoms with Gasteiger partial charge < -0.3 is 24.8 Å². The van der Waals surface area contributed by atoms with Crippen LogP contribution in [-0.4, -0.2) is 52.5 Å². The minimum absolute atomic E-state index is 0.194. The zero-order chi connectivity index (χ0) is 23.7. The molecule has 8 nitrogen and oxygen atoms in total. The normalized spacial score (nSPS) is 9.17. The number of rotatable bonds is 7. The van der Waals surface area contributed by atoms with E-state index < -0.39 is 18.0 Å². The number of aliphatic hydroxyl groups is 3. The summed E-state index contributed by atoms with van der Waals surface area (Å²) in [5.41, 5.74) is 1.80. The van der Waals surface area contributed by atoms with Crippen LogP contribution in [0.3, 0.4) is 0 Å². The third-order valence-electron chi connectivity index (χ3n) is 2.87.